The van der Waals surface area contributed by atoms with Gasteiger partial charge in [-0.3, -0.25) is 0 Å². The Balaban J connectivity index is 2.73. The molecule has 2 heteroatoms. The van der Waals surface area contributed by atoms with Crippen LogP contribution in [0.4, 0.5) is 0 Å². The lowest BCUT2D eigenvalue weighted by Gasteiger charge is -2.37. The molecule has 1 aliphatic rings. The first-order chi connectivity index (χ1) is 6.24. The van der Waals surface area contributed by atoms with E-state index < -0.39 is 8.32 Å². The second-order valence-corrected chi connectivity index (χ2v) is 10.6. The molecule has 0 bridgehead atoms. The van der Waals surface area contributed by atoms with Crippen molar-refractivity contribution in [1.82, 2.24) is 0 Å². The molecule has 0 aromatic rings. The minimum absolute atomic E-state index is 0.322. The molecule has 82 valence electrons. The molecule has 0 N–H and O–H groups in total. The third kappa shape index (κ3) is 2.41. The SMILES string of the molecule is CC1=C(O[Si](C)(C)C(C)(C)C)CCC1. The Hall–Kier alpha value is -0.243. The van der Waals surface area contributed by atoms with E-state index in [1.807, 2.05) is 0 Å². The smallest absolute Gasteiger partial charge is 0.250 e. The summed E-state index contributed by atoms with van der Waals surface area (Å²) in [5.41, 5.74) is 1.48. The van der Waals surface area contributed by atoms with Crippen LogP contribution in [0.3, 0.4) is 0 Å². The van der Waals surface area contributed by atoms with Gasteiger partial charge in [-0.25, -0.2) is 0 Å². The zero-order chi connectivity index (χ0) is 11.0. The number of hydrogen-bond donors (Lipinski definition) is 0. The third-order valence-electron chi connectivity index (χ3n) is 3.62. The average Bonchev–Trinajstić information content (AvgIpc) is 2.33. The van der Waals surface area contributed by atoms with Crippen LogP contribution in [0.5, 0.6) is 0 Å². The molecule has 1 aliphatic carbocycles. The molecule has 0 heterocycles. The Morgan fingerprint density at radius 2 is 1.71 bits per heavy atom. The Bertz CT molecular complexity index is 246. The molecule has 1 nitrogen and oxygen atoms in total. The van der Waals surface area contributed by atoms with Crippen LogP contribution in [0.1, 0.15) is 47.0 Å². The van der Waals surface area contributed by atoms with Crippen molar-refractivity contribution in [2.45, 2.75) is 65.1 Å². The minimum atomic E-state index is -1.57. The number of hydrogen-bond acceptors (Lipinski definition) is 1. The van der Waals surface area contributed by atoms with Crippen molar-refractivity contribution in [3.8, 4) is 0 Å². The molecule has 0 spiro atoms. The fraction of sp³-hybridized carbons (Fsp3) is 0.833. The highest BCUT2D eigenvalue weighted by Crippen LogP contribution is 2.40. The first kappa shape index (κ1) is 11.8. The van der Waals surface area contributed by atoms with Gasteiger partial charge in [0.25, 0.3) is 0 Å². The normalized spacial score (nSPS) is 19.0. The fourth-order valence-corrected chi connectivity index (χ4v) is 2.66. The van der Waals surface area contributed by atoms with Crippen molar-refractivity contribution in [1.29, 1.82) is 0 Å². The standard InChI is InChI=1S/C12H24OSi/c1-10-8-7-9-11(10)13-14(5,6)12(2,3)4/h7-9H2,1-6H3. The summed E-state index contributed by atoms with van der Waals surface area (Å²) in [6.07, 6.45) is 3.69. The molecule has 0 aliphatic heterocycles. The molecule has 0 radical (unpaired) electrons. The van der Waals surface area contributed by atoms with Gasteiger partial charge in [-0.05, 0) is 43.5 Å². The average molecular weight is 212 g/mol. The number of rotatable bonds is 2. The molecule has 0 aromatic carbocycles. The van der Waals surface area contributed by atoms with E-state index in [-0.39, 0.29) is 0 Å². The lowest BCUT2D eigenvalue weighted by molar-refractivity contribution is 0.370. The summed E-state index contributed by atoms with van der Waals surface area (Å²) in [6.45, 7) is 13.8. The van der Waals surface area contributed by atoms with Gasteiger partial charge < -0.3 is 4.43 Å². The highest BCUT2D eigenvalue weighted by molar-refractivity contribution is 6.74. The lowest BCUT2D eigenvalue weighted by Crippen LogP contribution is -2.40. The topological polar surface area (TPSA) is 9.23 Å². The first-order valence-corrected chi connectivity index (χ1v) is 8.52. The van der Waals surface area contributed by atoms with Gasteiger partial charge in [-0.2, -0.15) is 0 Å². The van der Waals surface area contributed by atoms with Crippen LogP contribution >= 0.6 is 0 Å². The molecule has 14 heavy (non-hydrogen) atoms. The largest absolute Gasteiger partial charge is 0.547 e. The van der Waals surface area contributed by atoms with E-state index in [1.165, 1.54) is 30.6 Å². The Kier molecular flexibility index (Phi) is 3.15. The third-order valence-corrected chi connectivity index (χ3v) is 7.99. The van der Waals surface area contributed by atoms with Crippen LogP contribution in [-0.4, -0.2) is 8.32 Å². The Morgan fingerprint density at radius 1 is 1.14 bits per heavy atom. The zero-order valence-electron chi connectivity index (χ0n) is 10.5. The molecule has 0 atom stereocenters. The van der Waals surface area contributed by atoms with Gasteiger partial charge in [0.05, 0.1) is 5.76 Å². The van der Waals surface area contributed by atoms with E-state index in [9.17, 15) is 0 Å². The summed E-state index contributed by atoms with van der Waals surface area (Å²) in [7, 11) is -1.57. The fourth-order valence-electron chi connectivity index (χ4n) is 1.47. The van der Waals surface area contributed by atoms with Crippen LogP contribution in [-0.2, 0) is 4.43 Å². The van der Waals surface area contributed by atoms with Crippen molar-refractivity contribution in [3.63, 3.8) is 0 Å². The van der Waals surface area contributed by atoms with Crippen LogP contribution in [0.25, 0.3) is 0 Å². The van der Waals surface area contributed by atoms with E-state index in [1.54, 1.807) is 0 Å². The van der Waals surface area contributed by atoms with E-state index in [4.69, 9.17) is 4.43 Å². The molecule has 1 rings (SSSR count). The van der Waals surface area contributed by atoms with Crippen LogP contribution in [0, 0.1) is 0 Å². The predicted octanol–water partition coefficient (Wildman–Crippen LogP) is 4.47. The summed E-state index contributed by atoms with van der Waals surface area (Å²) >= 11 is 0. The Morgan fingerprint density at radius 3 is 2.07 bits per heavy atom. The van der Waals surface area contributed by atoms with E-state index in [0.717, 1.165) is 0 Å². The predicted molar refractivity (Wildman–Crippen MR) is 64.8 cm³/mol. The minimum Gasteiger partial charge on any atom is -0.547 e. The second-order valence-electron chi connectivity index (χ2n) is 5.92. The maximum Gasteiger partial charge on any atom is 0.250 e. The zero-order valence-corrected chi connectivity index (χ0v) is 11.5. The molecular formula is C12H24OSi. The van der Waals surface area contributed by atoms with Crippen LogP contribution in [0.2, 0.25) is 18.1 Å². The highest BCUT2D eigenvalue weighted by Gasteiger charge is 2.39. The Labute approximate surface area is 89.7 Å². The van der Waals surface area contributed by atoms with Gasteiger partial charge in [0.1, 0.15) is 0 Å². The molecule has 0 unspecified atom stereocenters. The number of allylic oxidation sites excluding steroid dienone is 2. The van der Waals surface area contributed by atoms with Gasteiger partial charge in [0, 0.05) is 6.42 Å². The van der Waals surface area contributed by atoms with E-state index >= 15 is 0 Å². The van der Waals surface area contributed by atoms with Gasteiger partial charge in [0.2, 0.25) is 8.32 Å². The van der Waals surface area contributed by atoms with Crippen LogP contribution < -0.4 is 0 Å². The monoisotopic (exact) mass is 212 g/mol. The van der Waals surface area contributed by atoms with Crippen molar-refractivity contribution >= 4 is 8.32 Å². The maximum atomic E-state index is 6.29. The molecule has 0 aromatic heterocycles. The highest BCUT2D eigenvalue weighted by atomic mass is 28.4. The first-order valence-electron chi connectivity index (χ1n) is 5.62. The van der Waals surface area contributed by atoms with Crippen molar-refractivity contribution in [2.24, 2.45) is 0 Å². The molecule has 0 fully saturated rings. The van der Waals surface area contributed by atoms with E-state index in [2.05, 4.69) is 40.8 Å². The van der Waals surface area contributed by atoms with Gasteiger partial charge in [-0.15, -0.1) is 0 Å². The summed E-state index contributed by atoms with van der Waals surface area (Å²) < 4.78 is 6.29. The quantitative estimate of drug-likeness (QED) is 0.614. The van der Waals surface area contributed by atoms with Crippen molar-refractivity contribution in [2.75, 3.05) is 0 Å². The van der Waals surface area contributed by atoms with Crippen LogP contribution in [0.15, 0.2) is 11.3 Å². The van der Waals surface area contributed by atoms with Crippen molar-refractivity contribution in [3.05, 3.63) is 11.3 Å². The van der Waals surface area contributed by atoms with E-state index in [0.29, 0.717) is 5.04 Å². The van der Waals surface area contributed by atoms with Crippen molar-refractivity contribution < 1.29 is 4.43 Å². The van der Waals surface area contributed by atoms with Gasteiger partial charge >= 0.3 is 0 Å². The molecule has 0 amide bonds. The summed E-state index contributed by atoms with van der Waals surface area (Å²) in [6, 6.07) is 0. The summed E-state index contributed by atoms with van der Waals surface area (Å²) in [5, 5.41) is 0.322. The second kappa shape index (κ2) is 3.73. The summed E-state index contributed by atoms with van der Waals surface area (Å²) in [5.74, 6) is 1.30. The molecule has 0 saturated heterocycles. The molecule has 0 saturated carbocycles. The molecular weight excluding hydrogens is 188 g/mol. The van der Waals surface area contributed by atoms with Gasteiger partial charge in [0.15, 0.2) is 0 Å². The lowest BCUT2D eigenvalue weighted by atomic mass is 10.2. The summed E-state index contributed by atoms with van der Waals surface area (Å²) in [4.78, 5) is 0. The van der Waals surface area contributed by atoms with Gasteiger partial charge in [-0.1, -0.05) is 20.8 Å². The maximum absolute atomic E-state index is 6.29.